The van der Waals surface area contributed by atoms with Crippen molar-refractivity contribution in [1.29, 1.82) is 5.26 Å². The molecule has 1 atom stereocenters. The topological polar surface area (TPSA) is 116 Å². The Bertz CT molecular complexity index is 1400. The molecule has 1 amide bonds. The highest BCUT2D eigenvalue weighted by Gasteiger charge is 2.37. The van der Waals surface area contributed by atoms with E-state index in [1.54, 1.807) is 43.3 Å². The van der Waals surface area contributed by atoms with E-state index in [4.69, 9.17) is 9.78 Å². The van der Waals surface area contributed by atoms with Crippen LogP contribution < -0.4 is 5.32 Å². The Balaban J connectivity index is 1.52. The van der Waals surface area contributed by atoms with Crippen LogP contribution in [0.25, 0.3) is 12.2 Å². The molecule has 1 aliphatic heterocycles. The first-order valence-corrected chi connectivity index (χ1v) is 12.7. The number of aromatic nitrogens is 1. The van der Waals surface area contributed by atoms with Crippen LogP contribution in [-0.2, 0) is 14.8 Å². The van der Waals surface area contributed by atoms with Gasteiger partial charge in [-0.2, -0.15) is 9.57 Å². The van der Waals surface area contributed by atoms with Gasteiger partial charge in [0.1, 0.15) is 5.69 Å². The molecule has 35 heavy (non-hydrogen) atoms. The summed E-state index contributed by atoms with van der Waals surface area (Å²) < 4.78 is 33.8. The first-order valence-electron chi connectivity index (χ1n) is 11.3. The van der Waals surface area contributed by atoms with E-state index in [-0.39, 0.29) is 28.8 Å². The van der Waals surface area contributed by atoms with E-state index in [0.717, 1.165) is 11.1 Å². The Morgan fingerprint density at radius 1 is 1.20 bits per heavy atom. The molecule has 0 aliphatic carbocycles. The van der Waals surface area contributed by atoms with Gasteiger partial charge in [0.2, 0.25) is 15.9 Å². The number of hydrogen-bond acceptors (Lipinski definition) is 6. The van der Waals surface area contributed by atoms with E-state index < -0.39 is 15.9 Å². The van der Waals surface area contributed by atoms with Gasteiger partial charge in [0.15, 0.2) is 10.7 Å². The number of nitrogens with zero attached hydrogens (tertiary/aromatic N) is 3. The van der Waals surface area contributed by atoms with Gasteiger partial charge in [0.25, 0.3) is 0 Å². The summed E-state index contributed by atoms with van der Waals surface area (Å²) in [5, 5.41) is 15.8. The van der Waals surface area contributed by atoms with Gasteiger partial charge < -0.3 is 9.84 Å². The van der Waals surface area contributed by atoms with Gasteiger partial charge in [-0.05, 0) is 56.5 Å². The fraction of sp³-hybridized carbons (Fsp3) is 0.269. The maximum atomic E-state index is 13.6. The molecule has 8 nitrogen and oxygen atoms in total. The second kappa shape index (κ2) is 10.3. The molecule has 0 radical (unpaired) electrons. The molecule has 1 aliphatic rings. The summed E-state index contributed by atoms with van der Waals surface area (Å²) in [5.41, 5.74) is 3.25. The average molecular weight is 491 g/mol. The molecule has 4 rings (SSSR count). The minimum atomic E-state index is -3.94. The number of amides is 1. The van der Waals surface area contributed by atoms with E-state index in [9.17, 15) is 13.2 Å². The number of rotatable bonds is 6. The molecular formula is C26H26N4O4S. The number of benzene rings is 2. The van der Waals surface area contributed by atoms with Crippen molar-refractivity contribution in [2.24, 2.45) is 5.92 Å². The fourth-order valence-electron chi connectivity index (χ4n) is 4.06. The fourth-order valence-corrected chi connectivity index (χ4v) is 5.84. The molecule has 9 heteroatoms. The van der Waals surface area contributed by atoms with Gasteiger partial charge in [0, 0.05) is 18.8 Å². The number of aryl methyl sites for hydroxylation is 2. The maximum Gasteiger partial charge on any atom is 0.248 e. The molecule has 180 valence electrons. The Kier molecular flexibility index (Phi) is 7.15. The number of sulfonamides is 1. The largest absolute Gasteiger partial charge is 0.355 e. The Morgan fingerprint density at radius 3 is 2.71 bits per heavy atom. The van der Waals surface area contributed by atoms with Crippen LogP contribution in [0.3, 0.4) is 0 Å². The van der Waals surface area contributed by atoms with Crippen LogP contribution in [0.1, 0.15) is 41.0 Å². The Labute approximate surface area is 204 Å². The quantitative estimate of drug-likeness (QED) is 0.548. The number of piperidine rings is 1. The van der Waals surface area contributed by atoms with Crippen molar-refractivity contribution in [3.63, 3.8) is 0 Å². The van der Waals surface area contributed by atoms with Gasteiger partial charge in [0.05, 0.1) is 17.6 Å². The molecule has 2 heterocycles. The lowest BCUT2D eigenvalue weighted by atomic mass is 9.98. The number of nitriles is 1. The van der Waals surface area contributed by atoms with Gasteiger partial charge >= 0.3 is 0 Å². The highest BCUT2D eigenvalue weighted by molar-refractivity contribution is 7.89. The summed E-state index contributed by atoms with van der Waals surface area (Å²) in [6, 6.07) is 16.5. The van der Waals surface area contributed by atoms with Crippen LogP contribution in [0.5, 0.6) is 0 Å². The number of anilines is 1. The monoisotopic (exact) mass is 490 g/mol. The minimum absolute atomic E-state index is 0.0173. The van der Waals surface area contributed by atoms with Gasteiger partial charge in [-0.15, -0.1) is 0 Å². The zero-order valence-corrected chi connectivity index (χ0v) is 20.4. The number of nitrogens with one attached hydrogen (secondary N) is 1. The lowest BCUT2D eigenvalue weighted by Gasteiger charge is -2.31. The smallest absolute Gasteiger partial charge is 0.248 e. The standard InChI is InChI=1S/C26H26N4O4S/c1-18-8-10-20(11-9-18)12-13-24-25(19(2)29-34-24)35(32,33)30-14-4-6-22(17-30)26(31)28-23-7-3-5-21(15-23)16-27/h3,5,7-13,15,22H,4,6,14,17H2,1-2H3,(H,28,31)/b13-12+. The molecule has 3 aromatic rings. The van der Waals surface area contributed by atoms with Crippen molar-refractivity contribution in [1.82, 2.24) is 9.46 Å². The maximum absolute atomic E-state index is 13.6. The summed E-state index contributed by atoms with van der Waals surface area (Å²) >= 11 is 0. The lowest BCUT2D eigenvalue weighted by Crippen LogP contribution is -2.43. The normalized spacial score (nSPS) is 16.8. The molecule has 0 saturated carbocycles. The van der Waals surface area contributed by atoms with Crippen molar-refractivity contribution >= 4 is 33.8 Å². The molecule has 1 fully saturated rings. The van der Waals surface area contributed by atoms with E-state index in [1.165, 1.54) is 4.31 Å². The third kappa shape index (κ3) is 5.50. The van der Waals surface area contributed by atoms with Gasteiger partial charge in [-0.25, -0.2) is 8.42 Å². The zero-order valence-electron chi connectivity index (χ0n) is 19.6. The van der Waals surface area contributed by atoms with Gasteiger partial charge in [-0.3, -0.25) is 4.79 Å². The van der Waals surface area contributed by atoms with E-state index in [2.05, 4.69) is 10.5 Å². The average Bonchev–Trinajstić information content (AvgIpc) is 3.25. The van der Waals surface area contributed by atoms with Crippen LogP contribution in [-0.4, -0.2) is 36.9 Å². The number of carbonyl (C=O) groups excluding carboxylic acids is 1. The summed E-state index contributed by atoms with van der Waals surface area (Å²) in [7, 11) is -3.94. The van der Waals surface area contributed by atoms with Crippen molar-refractivity contribution in [3.8, 4) is 6.07 Å². The second-order valence-corrected chi connectivity index (χ2v) is 10.5. The first kappa shape index (κ1) is 24.4. The third-order valence-corrected chi connectivity index (χ3v) is 7.97. The van der Waals surface area contributed by atoms with Crippen LogP contribution in [0.4, 0.5) is 5.69 Å². The third-order valence-electron chi connectivity index (χ3n) is 5.95. The van der Waals surface area contributed by atoms with Crippen molar-refractivity contribution in [2.75, 3.05) is 18.4 Å². The van der Waals surface area contributed by atoms with Crippen LogP contribution >= 0.6 is 0 Å². The summed E-state index contributed by atoms with van der Waals surface area (Å²) in [5.74, 6) is -0.638. The van der Waals surface area contributed by atoms with Crippen LogP contribution in [0.15, 0.2) is 57.9 Å². The summed E-state index contributed by atoms with van der Waals surface area (Å²) in [4.78, 5) is 12.9. The van der Waals surface area contributed by atoms with Crippen LogP contribution in [0.2, 0.25) is 0 Å². The molecular weight excluding hydrogens is 464 g/mol. The predicted octanol–water partition coefficient (Wildman–Crippen LogP) is 4.37. The predicted molar refractivity (Wildman–Crippen MR) is 133 cm³/mol. The van der Waals surface area contributed by atoms with E-state index in [0.29, 0.717) is 30.6 Å². The lowest BCUT2D eigenvalue weighted by molar-refractivity contribution is -0.120. The molecule has 1 aromatic heterocycles. The minimum Gasteiger partial charge on any atom is -0.355 e. The molecule has 1 saturated heterocycles. The molecule has 1 N–H and O–H groups in total. The molecule has 0 bridgehead atoms. The van der Waals surface area contributed by atoms with Crippen LogP contribution in [0, 0.1) is 31.1 Å². The number of hydrogen-bond donors (Lipinski definition) is 1. The summed E-state index contributed by atoms with van der Waals surface area (Å²) in [6.07, 6.45) is 4.50. The summed E-state index contributed by atoms with van der Waals surface area (Å²) in [6.45, 7) is 3.95. The second-order valence-electron chi connectivity index (χ2n) is 8.59. The molecule has 1 unspecified atom stereocenters. The highest BCUT2D eigenvalue weighted by atomic mass is 32.2. The molecule has 2 aromatic carbocycles. The number of carbonyl (C=O) groups is 1. The Morgan fingerprint density at radius 2 is 1.97 bits per heavy atom. The van der Waals surface area contributed by atoms with Crippen molar-refractivity contribution in [2.45, 2.75) is 31.6 Å². The SMILES string of the molecule is Cc1ccc(/C=C/c2onc(C)c2S(=O)(=O)N2CCCC(C(=O)Nc3cccc(C#N)c3)C2)cc1. The van der Waals surface area contributed by atoms with Crippen molar-refractivity contribution in [3.05, 3.63) is 76.7 Å². The highest BCUT2D eigenvalue weighted by Crippen LogP contribution is 2.30. The van der Waals surface area contributed by atoms with Crippen molar-refractivity contribution < 1.29 is 17.7 Å². The van der Waals surface area contributed by atoms with Gasteiger partial charge in [-0.1, -0.05) is 47.1 Å². The Hall–Kier alpha value is -3.74. The first-order chi connectivity index (χ1) is 16.8. The van der Waals surface area contributed by atoms with E-state index in [1.807, 2.05) is 37.3 Å². The molecule has 0 spiro atoms. The van der Waals surface area contributed by atoms with E-state index >= 15 is 0 Å². The zero-order chi connectivity index (χ0) is 25.0.